The number of nitrogens with zero attached hydrogens (tertiary/aromatic N) is 17. The molecule has 6 aromatic heterocycles. The van der Waals surface area contributed by atoms with Crippen LogP contribution in [0.2, 0.25) is 5.28 Å². The van der Waals surface area contributed by atoms with Crippen LogP contribution >= 0.6 is 11.6 Å². The molecule has 0 aromatic carbocycles. The number of ether oxygens (including phenoxy) is 4. The second-order valence-electron chi connectivity index (χ2n) is 22.5. The van der Waals surface area contributed by atoms with Gasteiger partial charge in [0.15, 0.2) is 45.6 Å². The Morgan fingerprint density at radius 2 is 1.12 bits per heavy atom. The van der Waals surface area contributed by atoms with Crippen LogP contribution in [0.25, 0.3) is 45.1 Å². The summed E-state index contributed by atoms with van der Waals surface area (Å²) < 4.78 is 26.3. The van der Waals surface area contributed by atoms with Crippen LogP contribution < -0.4 is 25.3 Å². The van der Waals surface area contributed by atoms with Crippen LogP contribution in [-0.2, 0) is 36.8 Å². The first-order valence-corrected chi connectivity index (χ1v) is 26.8. The van der Waals surface area contributed by atoms with Gasteiger partial charge < -0.3 is 44.3 Å². The summed E-state index contributed by atoms with van der Waals surface area (Å²) in [5.74, 6) is 3.93. The summed E-state index contributed by atoms with van der Waals surface area (Å²) in [4.78, 5) is 93.5. The summed E-state index contributed by atoms with van der Waals surface area (Å²) in [5.41, 5.74) is 7.88. The molecule has 3 amide bonds. The number of piperazine rings is 1. The van der Waals surface area contributed by atoms with Gasteiger partial charge in [0.25, 0.3) is 0 Å². The van der Waals surface area contributed by atoms with E-state index < -0.39 is 23.4 Å². The van der Waals surface area contributed by atoms with Gasteiger partial charge in [-0.2, -0.15) is 0 Å². The van der Waals surface area contributed by atoms with Gasteiger partial charge in [-0.3, -0.25) is 13.9 Å². The van der Waals surface area contributed by atoms with Gasteiger partial charge in [-0.25, -0.2) is 59.4 Å². The molecule has 420 valence electrons. The zero-order valence-electron chi connectivity index (χ0n) is 47.0. The fraction of sp³-hybridized carbons (Fsp3) is 0.596. The topological polar surface area (TPSA) is 269 Å². The molecule has 2 N–H and O–H groups in total. The Kier molecular flexibility index (Phi) is 17.2. The van der Waals surface area contributed by atoms with Crippen LogP contribution in [0.4, 0.5) is 39.1 Å². The van der Waals surface area contributed by atoms with Gasteiger partial charge in [0, 0.05) is 84.1 Å². The van der Waals surface area contributed by atoms with Crippen molar-refractivity contribution in [3.63, 3.8) is 0 Å². The maximum absolute atomic E-state index is 13.0. The normalized spacial score (nSPS) is 17.4. The lowest BCUT2D eigenvalue weighted by molar-refractivity contribution is -0.129. The number of carbonyl (C=O) groups excluding carboxylic acids is 3. The molecule has 3 aliphatic rings. The van der Waals surface area contributed by atoms with Crippen molar-refractivity contribution in [2.45, 2.75) is 126 Å². The quantitative estimate of drug-likeness (QED) is 0.136. The number of amides is 3. The van der Waals surface area contributed by atoms with Crippen LogP contribution in [0, 0.1) is 11.8 Å². The summed E-state index contributed by atoms with van der Waals surface area (Å²) in [6.07, 6.45) is 4.28. The Hall–Kier alpha value is -7.12. The number of halogens is 1. The highest BCUT2D eigenvalue weighted by molar-refractivity contribution is 6.29. The Morgan fingerprint density at radius 1 is 0.667 bits per heavy atom. The van der Waals surface area contributed by atoms with Gasteiger partial charge in [-0.05, 0) is 78.8 Å². The first-order valence-electron chi connectivity index (χ1n) is 26.4. The molecule has 0 saturated carbocycles. The van der Waals surface area contributed by atoms with E-state index in [0.717, 1.165) is 42.6 Å². The van der Waals surface area contributed by atoms with E-state index in [1.165, 1.54) is 12.4 Å². The highest BCUT2D eigenvalue weighted by atomic mass is 35.5. The van der Waals surface area contributed by atoms with E-state index in [9.17, 15) is 14.4 Å². The second kappa shape index (κ2) is 23.5. The third kappa shape index (κ3) is 13.2. The van der Waals surface area contributed by atoms with Crippen LogP contribution in [0.15, 0.2) is 24.8 Å². The van der Waals surface area contributed by atoms with Gasteiger partial charge in [0.2, 0.25) is 29.0 Å². The van der Waals surface area contributed by atoms with Crippen molar-refractivity contribution in [3.8, 4) is 22.8 Å². The Labute approximate surface area is 459 Å². The minimum absolute atomic E-state index is 0.0496. The van der Waals surface area contributed by atoms with Crippen molar-refractivity contribution in [1.82, 2.24) is 63.9 Å². The second-order valence-corrected chi connectivity index (χ2v) is 22.9. The predicted octanol–water partition coefficient (Wildman–Crippen LogP) is 6.91. The third-order valence-corrected chi connectivity index (χ3v) is 12.9. The van der Waals surface area contributed by atoms with E-state index in [2.05, 4.69) is 85.7 Å². The van der Waals surface area contributed by atoms with E-state index in [1.807, 2.05) is 9.47 Å². The number of morpholine rings is 2. The third-order valence-electron chi connectivity index (χ3n) is 12.6. The summed E-state index contributed by atoms with van der Waals surface area (Å²) in [7, 11) is 0. The molecule has 26 heteroatoms. The minimum Gasteiger partial charge on any atom is -0.443 e. The largest absolute Gasteiger partial charge is 0.443 e. The van der Waals surface area contributed by atoms with E-state index in [0.29, 0.717) is 121 Å². The summed E-state index contributed by atoms with van der Waals surface area (Å²) in [6.45, 7) is 32.3. The van der Waals surface area contributed by atoms with E-state index >= 15 is 0 Å². The molecule has 0 aliphatic carbocycles. The van der Waals surface area contributed by atoms with Crippen molar-refractivity contribution >= 4 is 81.5 Å². The predicted molar refractivity (Wildman–Crippen MR) is 296 cm³/mol. The number of nitrogens with two attached hydrogens (primary N) is 1. The first kappa shape index (κ1) is 57.1. The highest BCUT2D eigenvalue weighted by Crippen LogP contribution is 2.35. The van der Waals surface area contributed by atoms with E-state index in [4.69, 9.17) is 61.2 Å². The molecule has 0 bridgehead atoms. The van der Waals surface area contributed by atoms with Crippen molar-refractivity contribution in [2.24, 2.45) is 11.8 Å². The number of imidazole rings is 2. The molecule has 0 radical (unpaired) electrons. The smallest absolute Gasteiger partial charge is 0.427 e. The van der Waals surface area contributed by atoms with Gasteiger partial charge in [-0.15, -0.1) is 4.90 Å². The van der Waals surface area contributed by atoms with Crippen molar-refractivity contribution < 1.29 is 33.3 Å². The Bertz CT molecular complexity index is 3070. The molecule has 3 aliphatic heterocycles. The van der Waals surface area contributed by atoms with Gasteiger partial charge in [-0.1, -0.05) is 27.7 Å². The van der Waals surface area contributed by atoms with Crippen LogP contribution in [-0.4, -0.2) is 171 Å². The van der Waals surface area contributed by atoms with Crippen LogP contribution in [0.1, 0.15) is 90.0 Å². The molecule has 0 spiro atoms. The zero-order valence-corrected chi connectivity index (χ0v) is 47.8. The van der Waals surface area contributed by atoms with Gasteiger partial charge in [0.05, 0.1) is 49.6 Å². The Balaban J connectivity index is 0.000000208. The number of anilines is 5. The molecular formula is C52H73ClN18O7. The number of fused-ring (bicyclic) bond motifs is 2. The van der Waals surface area contributed by atoms with Crippen LogP contribution in [0.5, 0.6) is 0 Å². The average Bonchev–Trinajstić information content (AvgIpc) is 4.12. The lowest BCUT2D eigenvalue weighted by Crippen LogP contribution is -2.48. The average molecular weight is 1100 g/mol. The summed E-state index contributed by atoms with van der Waals surface area (Å²) in [5, 5.41) is 0.323. The van der Waals surface area contributed by atoms with Crippen LogP contribution in [0.3, 0.4) is 0 Å². The summed E-state index contributed by atoms with van der Waals surface area (Å²) >= 11 is 6.59. The van der Waals surface area contributed by atoms with Gasteiger partial charge in [0.1, 0.15) is 11.2 Å². The number of carbonyl (C=O) groups is 3. The van der Waals surface area contributed by atoms with Crippen molar-refractivity contribution in [1.29, 1.82) is 0 Å². The molecule has 25 nitrogen and oxygen atoms in total. The maximum atomic E-state index is 13.0. The monoisotopic (exact) mass is 1100 g/mol. The molecule has 6 aromatic rings. The van der Waals surface area contributed by atoms with Gasteiger partial charge >= 0.3 is 12.2 Å². The molecule has 9 heterocycles. The van der Waals surface area contributed by atoms with Crippen molar-refractivity contribution in [2.75, 3.05) is 91.0 Å². The minimum atomic E-state index is -0.960. The molecule has 3 saturated heterocycles. The van der Waals surface area contributed by atoms with Crippen molar-refractivity contribution in [3.05, 3.63) is 30.1 Å². The Morgan fingerprint density at radius 3 is 1.56 bits per heavy atom. The molecular weight excluding hydrogens is 1020 g/mol. The highest BCUT2D eigenvalue weighted by Gasteiger charge is 2.36. The molecule has 2 atom stereocenters. The molecule has 78 heavy (non-hydrogen) atoms. The fourth-order valence-corrected chi connectivity index (χ4v) is 9.29. The maximum Gasteiger partial charge on any atom is 0.427 e. The number of hydrogen-bond donors (Lipinski definition) is 1. The number of aromatic nitrogens is 12. The SMILES string of the molecule is CC(=O)N1CCN(c2nc3c(N4CCOC[C@@H]4C)nc(-c4cnc(N)nc4)nc3n2CC(C)C)CC1.CC(C)Cn1c(Cl)nc2c(N3CCOC[C@@H]3C)nc(-c3cnc(N(C(=O)OC(C)(C)C)C(=O)OC(C)(C)C)nc3)nc21. The number of hydrogen-bond acceptors (Lipinski definition) is 21. The lowest BCUT2D eigenvalue weighted by Gasteiger charge is -2.35. The zero-order chi connectivity index (χ0) is 56.4. The fourth-order valence-electron chi connectivity index (χ4n) is 9.06. The molecule has 9 rings (SSSR count). The summed E-state index contributed by atoms with van der Waals surface area (Å²) in [6, 6.07) is 0.193. The first-order chi connectivity index (χ1) is 36.8. The van der Waals surface area contributed by atoms with E-state index in [1.54, 1.807) is 60.9 Å². The molecule has 0 unspecified atom stereocenters. The van der Waals surface area contributed by atoms with E-state index in [-0.39, 0.29) is 29.9 Å². The standard InChI is InChI=1S/C28H39ClN8O5.C24H34N10O2/c1-16(2)14-36-22-19(32-23(36)29)21(35-10-11-40-15-17(35)3)33-20(34-22)18-12-30-24(31-13-18)37(25(38)41-27(4,5)6)26(39)42-28(7,8)9;1-15(2)13-34-22-19(28-24(34)32-7-5-31(6-8-32)17(4)35)21(33-9-10-36-14-16(33)3)29-20(30-22)18-11-26-23(25)27-12-18/h12-13,16-17H,10-11,14-15H2,1-9H3;11-12,15-16H,5-10,13-14H2,1-4H3,(H2,25,26,27)/t17-;16-/m00/s1. The number of rotatable bonds is 10. The molecule has 3 fully saturated rings. The number of imide groups is 1. The number of nitrogen functional groups attached to an aromatic ring is 1. The lowest BCUT2D eigenvalue weighted by atomic mass is 10.2.